The SMILES string of the molecule is Nc1ccccc1CCC(=O)NC1CCN(C2CC2)C1. The summed E-state index contributed by atoms with van der Waals surface area (Å²) >= 11 is 0. The van der Waals surface area contributed by atoms with Gasteiger partial charge in [0, 0.05) is 37.3 Å². The molecule has 1 aromatic carbocycles. The highest BCUT2D eigenvalue weighted by Crippen LogP contribution is 2.29. The molecule has 108 valence electrons. The van der Waals surface area contributed by atoms with E-state index in [2.05, 4.69) is 10.2 Å². The van der Waals surface area contributed by atoms with E-state index in [1.165, 1.54) is 12.8 Å². The number of benzene rings is 1. The van der Waals surface area contributed by atoms with Gasteiger partial charge in [0.2, 0.25) is 5.91 Å². The van der Waals surface area contributed by atoms with Crippen LogP contribution in [0.4, 0.5) is 5.69 Å². The van der Waals surface area contributed by atoms with E-state index >= 15 is 0 Å². The summed E-state index contributed by atoms with van der Waals surface area (Å²) in [5.41, 5.74) is 7.73. The predicted molar refractivity (Wildman–Crippen MR) is 80.3 cm³/mol. The number of rotatable bonds is 5. The van der Waals surface area contributed by atoms with Gasteiger partial charge >= 0.3 is 0 Å². The summed E-state index contributed by atoms with van der Waals surface area (Å²) in [6.45, 7) is 2.17. The number of hydrogen-bond donors (Lipinski definition) is 2. The number of para-hydroxylation sites is 1. The molecule has 0 aromatic heterocycles. The number of carbonyl (C=O) groups is 1. The molecule has 2 fully saturated rings. The van der Waals surface area contributed by atoms with Crippen molar-refractivity contribution in [2.75, 3.05) is 18.8 Å². The molecule has 1 aliphatic carbocycles. The van der Waals surface area contributed by atoms with E-state index < -0.39 is 0 Å². The molecule has 1 aromatic rings. The number of carbonyl (C=O) groups excluding carboxylic acids is 1. The van der Waals surface area contributed by atoms with E-state index in [1.54, 1.807) is 0 Å². The van der Waals surface area contributed by atoms with Crippen LogP contribution in [-0.4, -0.2) is 36.0 Å². The van der Waals surface area contributed by atoms with E-state index in [0.717, 1.165) is 43.2 Å². The first kappa shape index (κ1) is 13.4. The molecule has 1 aliphatic heterocycles. The third-order valence-electron chi connectivity index (χ3n) is 4.32. The minimum atomic E-state index is 0.149. The van der Waals surface area contributed by atoms with Gasteiger partial charge in [-0.05, 0) is 37.3 Å². The topological polar surface area (TPSA) is 58.4 Å². The molecule has 4 nitrogen and oxygen atoms in total. The lowest BCUT2D eigenvalue weighted by atomic mass is 10.1. The number of amides is 1. The molecule has 1 saturated heterocycles. The second-order valence-electron chi connectivity index (χ2n) is 5.98. The minimum Gasteiger partial charge on any atom is -0.399 e. The highest BCUT2D eigenvalue weighted by Gasteiger charge is 2.34. The zero-order chi connectivity index (χ0) is 13.9. The van der Waals surface area contributed by atoms with Crippen LogP contribution in [0.1, 0.15) is 31.2 Å². The molecule has 1 atom stereocenters. The molecule has 0 radical (unpaired) electrons. The van der Waals surface area contributed by atoms with Crippen molar-refractivity contribution >= 4 is 11.6 Å². The Kier molecular flexibility index (Phi) is 3.92. The molecule has 0 bridgehead atoms. The maximum Gasteiger partial charge on any atom is 0.220 e. The Labute approximate surface area is 120 Å². The monoisotopic (exact) mass is 273 g/mol. The summed E-state index contributed by atoms with van der Waals surface area (Å²) in [5.74, 6) is 0.149. The van der Waals surface area contributed by atoms with E-state index in [9.17, 15) is 4.79 Å². The van der Waals surface area contributed by atoms with Crippen LogP contribution in [0, 0.1) is 0 Å². The van der Waals surface area contributed by atoms with Gasteiger partial charge in [-0.3, -0.25) is 9.69 Å². The Balaban J connectivity index is 1.42. The standard InChI is InChI=1S/C16H23N3O/c17-15-4-2-1-3-12(15)5-8-16(20)18-13-9-10-19(11-13)14-6-7-14/h1-4,13-14H,5-11,17H2,(H,18,20). The van der Waals surface area contributed by atoms with Gasteiger partial charge in [0.25, 0.3) is 0 Å². The number of nitrogens with one attached hydrogen (secondary N) is 1. The summed E-state index contributed by atoms with van der Waals surface area (Å²) in [5, 5.41) is 3.16. The van der Waals surface area contributed by atoms with Crippen molar-refractivity contribution in [1.29, 1.82) is 0 Å². The first-order valence-electron chi connectivity index (χ1n) is 7.59. The lowest BCUT2D eigenvalue weighted by molar-refractivity contribution is -0.121. The number of anilines is 1. The van der Waals surface area contributed by atoms with Crippen LogP contribution in [0.15, 0.2) is 24.3 Å². The molecule has 1 heterocycles. The molecule has 4 heteroatoms. The number of hydrogen-bond acceptors (Lipinski definition) is 3. The first-order valence-corrected chi connectivity index (χ1v) is 7.59. The summed E-state index contributed by atoms with van der Waals surface area (Å²) < 4.78 is 0. The third kappa shape index (κ3) is 3.31. The Morgan fingerprint density at radius 2 is 2.10 bits per heavy atom. The van der Waals surface area contributed by atoms with Crippen molar-refractivity contribution in [3.05, 3.63) is 29.8 Å². The van der Waals surface area contributed by atoms with Crippen molar-refractivity contribution in [1.82, 2.24) is 10.2 Å². The fourth-order valence-electron chi connectivity index (χ4n) is 2.99. The lowest BCUT2D eigenvalue weighted by Crippen LogP contribution is -2.37. The average molecular weight is 273 g/mol. The Morgan fingerprint density at radius 1 is 1.30 bits per heavy atom. The van der Waals surface area contributed by atoms with Crippen molar-refractivity contribution in [3.63, 3.8) is 0 Å². The van der Waals surface area contributed by atoms with E-state index in [1.807, 2.05) is 24.3 Å². The van der Waals surface area contributed by atoms with Gasteiger partial charge in [-0.15, -0.1) is 0 Å². The fraction of sp³-hybridized carbons (Fsp3) is 0.562. The maximum atomic E-state index is 12.0. The fourth-order valence-corrected chi connectivity index (χ4v) is 2.99. The largest absolute Gasteiger partial charge is 0.399 e. The Morgan fingerprint density at radius 3 is 2.85 bits per heavy atom. The van der Waals surface area contributed by atoms with Crippen LogP contribution in [0.2, 0.25) is 0 Å². The van der Waals surface area contributed by atoms with Crippen LogP contribution >= 0.6 is 0 Å². The number of nitrogens with two attached hydrogens (primary N) is 1. The van der Waals surface area contributed by atoms with E-state index in [0.29, 0.717) is 12.5 Å². The van der Waals surface area contributed by atoms with Gasteiger partial charge < -0.3 is 11.1 Å². The van der Waals surface area contributed by atoms with Crippen molar-refractivity contribution < 1.29 is 4.79 Å². The highest BCUT2D eigenvalue weighted by molar-refractivity contribution is 5.76. The minimum absolute atomic E-state index is 0.149. The molecule has 1 unspecified atom stereocenters. The van der Waals surface area contributed by atoms with Gasteiger partial charge in [0.1, 0.15) is 0 Å². The number of aryl methyl sites for hydroxylation is 1. The summed E-state index contributed by atoms with van der Waals surface area (Å²) in [4.78, 5) is 14.5. The van der Waals surface area contributed by atoms with Gasteiger partial charge in [-0.2, -0.15) is 0 Å². The number of nitrogen functional groups attached to an aromatic ring is 1. The quantitative estimate of drug-likeness (QED) is 0.800. The summed E-state index contributed by atoms with van der Waals surface area (Å²) in [6.07, 6.45) is 5.02. The Bertz CT molecular complexity index is 484. The second kappa shape index (κ2) is 5.83. The second-order valence-corrected chi connectivity index (χ2v) is 5.98. The van der Waals surface area contributed by atoms with Gasteiger partial charge in [-0.1, -0.05) is 18.2 Å². The van der Waals surface area contributed by atoms with Crippen LogP contribution < -0.4 is 11.1 Å². The molecule has 2 aliphatic rings. The Hall–Kier alpha value is -1.55. The number of nitrogens with zero attached hydrogens (tertiary/aromatic N) is 1. The summed E-state index contributed by atoms with van der Waals surface area (Å²) in [7, 11) is 0. The van der Waals surface area contributed by atoms with Crippen LogP contribution in [0.5, 0.6) is 0 Å². The maximum absolute atomic E-state index is 12.0. The molecule has 1 saturated carbocycles. The smallest absolute Gasteiger partial charge is 0.220 e. The van der Waals surface area contributed by atoms with Crippen molar-refractivity contribution in [2.45, 2.75) is 44.2 Å². The zero-order valence-electron chi connectivity index (χ0n) is 11.8. The zero-order valence-corrected chi connectivity index (χ0v) is 11.8. The van der Waals surface area contributed by atoms with Crippen LogP contribution in [-0.2, 0) is 11.2 Å². The predicted octanol–water partition coefficient (Wildman–Crippen LogP) is 1.55. The molecule has 0 spiro atoms. The first-order chi connectivity index (χ1) is 9.72. The lowest BCUT2D eigenvalue weighted by Gasteiger charge is -2.15. The molecule has 1 amide bonds. The van der Waals surface area contributed by atoms with Gasteiger partial charge in [0.15, 0.2) is 0 Å². The average Bonchev–Trinajstić information content (AvgIpc) is 3.19. The van der Waals surface area contributed by atoms with E-state index in [4.69, 9.17) is 5.73 Å². The third-order valence-corrected chi connectivity index (χ3v) is 4.32. The number of likely N-dealkylation sites (tertiary alicyclic amines) is 1. The molecule has 3 rings (SSSR count). The van der Waals surface area contributed by atoms with Crippen molar-refractivity contribution in [2.24, 2.45) is 0 Å². The molecule has 20 heavy (non-hydrogen) atoms. The molecular weight excluding hydrogens is 250 g/mol. The molecule has 3 N–H and O–H groups in total. The van der Waals surface area contributed by atoms with Gasteiger partial charge in [0.05, 0.1) is 0 Å². The van der Waals surface area contributed by atoms with Crippen LogP contribution in [0.3, 0.4) is 0 Å². The van der Waals surface area contributed by atoms with Crippen molar-refractivity contribution in [3.8, 4) is 0 Å². The van der Waals surface area contributed by atoms with Gasteiger partial charge in [-0.25, -0.2) is 0 Å². The van der Waals surface area contributed by atoms with Crippen LogP contribution in [0.25, 0.3) is 0 Å². The summed E-state index contributed by atoms with van der Waals surface area (Å²) in [6, 6.07) is 8.92. The molecular formula is C16H23N3O. The highest BCUT2D eigenvalue weighted by atomic mass is 16.1. The van der Waals surface area contributed by atoms with E-state index in [-0.39, 0.29) is 5.91 Å². The normalized spacial score (nSPS) is 22.9.